The monoisotopic (exact) mass is 241 g/mol. The van der Waals surface area contributed by atoms with Gasteiger partial charge in [0, 0.05) is 18.0 Å². The minimum atomic E-state index is -0.836. The zero-order valence-corrected chi connectivity index (χ0v) is 9.28. The number of ether oxygens (including phenoxy) is 1. The average Bonchev–Trinajstić information content (AvgIpc) is 2.66. The van der Waals surface area contributed by atoms with Gasteiger partial charge in [-0.1, -0.05) is 17.7 Å². The molecule has 2 unspecified atom stereocenters. The van der Waals surface area contributed by atoms with Gasteiger partial charge in [-0.2, -0.15) is 0 Å². The molecule has 0 amide bonds. The molecule has 2 rings (SSSR count). The van der Waals surface area contributed by atoms with E-state index in [4.69, 9.17) is 21.4 Å². The normalized spacial score (nSPS) is 24.3. The molecule has 0 spiro atoms. The van der Waals surface area contributed by atoms with Crippen molar-refractivity contribution < 1.29 is 14.6 Å². The topological polar surface area (TPSA) is 58.6 Å². The minimum absolute atomic E-state index is 0.112. The first kappa shape index (κ1) is 11.2. The molecule has 0 saturated carbocycles. The second-order valence-corrected chi connectivity index (χ2v) is 4.17. The summed E-state index contributed by atoms with van der Waals surface area (Å²) in [4.78, 5) is 10.7. The fraction of sp³-hybridized carbons (Fsp3) is 0.364. The van der Waals surface area contributed by atoms with Crippen LogP contribution in [0, 0.1) is 0 Å². The van der Waals surface area contributed by atoms with Crippen LogP contribution in [0.5, 0.6) is 5.75 Å². The number of carbonyl (C=O) groups is 1. The van der Waals surface area contributed by atoms with Gasteiger partial charge >= 0.3 is 5.97 Å². The lowest BCUT2D eigenvalue weighted by Gasteiger charge is -2.12. The molecule has 16 heavy (non-hydrogen) atoms. The molecule has 86 valence electrons. The Balaban J connectivity index is 1.94. The number of rotatable bonds is 3. The van der Waals surface area contributed by atoms with E-state index in [1.807, 2.05) is 0 Å². The van der Waals surface area contributed by atoms with Gasteiger partial charge in [0.25, 0.3) is 0 Å². The maximum absolute atomic E-state index is 10.7. The maximum atomic E-state index is 10.7. The number of hydrogen-bond donors (Lipinski definition) is 2. The highest BCUT2D eigenvalue weighted by Crippen LogP contribution is 2.21. The lowest BCUT2D eigenvalue weighted by molar-refractivity contribution is -0.139. The van der Waals surface area contributed by atoms with Crippen molar-refractivity contribution in [2.45, 2.75) is 18.6 Å². The number of aliphatic carboxylic acids is 1. The van der Waals surface area contributed by atoms with Crippen LogP contribution in [0.2, 0.25) is 5.02 Å². The van der Waals surface area contributed by atoms with Crippen LogP contribution in [-0.4, -0.2) is 29.8 Å². The molecule has 2 atom stereocenters. The zero-order chi connectivity index (χ0) is 11.5. The van der Waals surface area contributed by atoms with Crippen LogP contribution in [0.3, 0.4) is 0 Å². The summed E-state index contributed by atoms with van der Waals surface area (Å²) in [5.41, 5.74) is 0. The lowest BCUT2D eigenvalue weighted by Crippen LogP contribution is -2.30. The van der Waals surface area contributed by atoms with Crippen LogP contribution in [-0.2, 0) is 4.79 Å². The molecule has 1 aromatic rings. The molecule has 1 aromatic carbocycles. The zero-order valence-electron chi connectivity index (χ0n) is 8.52. The summed E-state index contributed by atoms with van der Waals surface area (Å²) in [6.07, 6.45) is 0.363. The van der Waals surface area contributed by atoms with Crippen LogP contribution < -0.4 is 10.1 Å². The number of benzene rings is 1. The Morgan fingerprint density at radius 3 is 3.00 bits per heavy atom. The van der Waals surface area contributed by atoms with Gasteiger partial charge in [0.05, 0.1) is 0 Å². The molecule has 0 bridgehead atoms. The summed E-state index contributed by atoms with van der Waals surface area (Å²) in [5.74, 6) is -0.164. The highest BCUT2D eigenvalue weighted by Gasteiger charge is 2.30. The molecule has 1 aliphatic rings. The Bertz CT molecular complexity index is 397. The molecule has 1 saturated heterocycles. The third kappa shape index (κ3) is 2.65. The first-order valence-electron chi connectivity index (χ1n) is 5.03. The van der Waals surface area contributed by atoms with Crippen molar-refractivity contribution >= 4 is 17.6 Å². The fourth-order valence-corrected chi connectivity index (χ4v) is 1.89. The summed E-state index contributed by atoms with van der Waals surface area (Å²) in [5, 5.41) is 12.3. The van der Waals surface area contributed by atoms with Gasteiger partial charge in [-0.05, 0) is 18.2 Å². The van der Waals surface area contributed by atoms with Gasteiger partial charge in [-0.15, -0.1) is 0 Å². The van der Waals surface area contributed by atoms with E-state index in [1.54, 1.807) is 24.3 Å². The van der Waals surface area contributed by atoms with Gasteiger partial charge in [0.15, 0.2) is 0 Å². The van der Waals surface area contributed by atoms with E-state index in [-0.39, 0.29) is 6.10 Å². The average molecular weight is 242 g/mol. The Hall–Kier alpha value is -1.26. The molecule has 5 heteroatoms. The highest BCUT2D eigenvalue weighted by atomic mass is 35.5. The molecule has 2 N–H and O–H groups in total. The van der Waals surface area contributed by atoms with E-state index < -0.39 is 12.0 Å². The van der Waals surface area contributed by atoms with Crippen molar-refractivity contribution in [3.8, 4) is 5.75 Å². The first-order valence-corrected chi connectivity index (χ1v) is 5.41. The smallest absolute Gasteiger partial charge is 0.320 e. The summed E-state index contributed by atoms with van der Waals surface area (Å²) < 4.78 is 5.63. The Labute approximate surface area is 98.2 Å². The van der Waals surface area contributed by atoms with Gasteiger partial charge in [-0.25, -0.2) is 0 Å². The van der Waals surface area contributed by atoms with Crippen molar-refractivity contribution in [3.05, 3.63) is 29.3 Å². The molecular weight excluding hydrogens is 230 g/mol. The number of carboxylic acid groups (broad SMARTS) is 1. The van der Waals surface area contributed by atoms with E-state index in [1.165, 1.54) is 0 Å². The number of halogens is 1. The molecule has 1 heterocycles. The number of hydrogen-bond acceptors (Lipinski definition) is 3. The molecule has 1 aliphatic heterocycles. The second-order valence-electron chi connectivity index (χ2n) is 3.73. The van der Waals surface area contributed by atoms with E-state index in [9.17, 15) is 4.79 Å². The largest absolute Gasteiger partial charge is 0.489 e. The van der Waals surface area contributed by atoms with Crippen molar-refractivity contribution in [2.24, 2.45) is 0 Å². The van der Waals surface area contributed by atoms with E-state index in [0.29, 0.717) is 23.7 Å². The van der Waals surface area contributed by atoms with E-state index in [0.717, 1.165) is 0 Å². The van der Waals surface area contributed by atoms with Crippen LogP contribution in [0.15, 0.2) is 24.3 Å². The van der Waals surface area contributed by atoms with Gasteiger partial charge < -0.3 is 15.2 Å². The van der Waals surface area contributed by atoms with Crippen LogP contribution in [0.25, 0.3) is 0 Å². The third-order valence-corrected chi connectivity index (χ3v) is 2.72. The predicted octanol–water partition coefficient (Wildman–Crippen LogP) is 1.53. The SMILES string of the molecule is O=C(O)C1CC(Oc2cccc(Cl)c2)CN1. The second kappa shape index (κ2) is 4.72. The van der Waals surface area contributed by atoms with Crippen molar-refractivity contribution in [1.82, 2.24) is 5.32 Å². The Kier molecular flexibility index (Phi) is 3.31. The summed E-state index contributed by atoms with van der Waals surface area (Å²) in [7, 11) is 0. The highest BCUT2D eigenvalue weighted by molar-refractivity contribution is 6.30. The summed E-state index contributed by atoms with van der Waals surface area (Å²) >= 11 is 5.82. The van der Waals surface area contributed by atoms with Gasteiger partial charge in [0.1, 0.15) is 17.9 Å². The Morgan fingerprint density at radius 1 is 1.56 bits per heavy atom. The van der Waals surface area contributed by atoms with E-state index in [2.05, 4.69) is 5.32 Å². The Morgan fingerprint density at radius 2 is 2.38 bits per heavy atom. The predicted molar refractivity (Wildman–Crippen MR) is 59.9 cm³/mol. The van der Waals surface area contributed by atoms with E-state index >= 15 is 0 Å². The summed E-state index contributed by atoms with van der Waals surface area (Å²) in [6, 6.07) is 6.58. The van der Waals surface area contributed by atoms with Crippen molar-refractivity contribution in [3.63, 3.8) is 0 Å². The summed E-state index contributed by atoms with van der Waals surface area (Å²) in [6.45, 7) is 0.545. The molecular formula is C11H12ClNO3. The van der Waals surface area contributed by atoms with Crippen molar-refractivity contribution in [2.75, 3.05) is 6.54 Å². The first-order chi connectivity index (χ1) is 7.65. The molecule has 4 nitrogen and oxygen atoms in total. The number of carboxylic acids is 1. The molecule has 0 radical (unpaired) electrons. The van der Waals surface area contributed by atoms with Gasteiger partial charge in [-0.3, -0.25) is 4.79 Å². The van der Waals surface area contributed by atoms with Crippen LogP contribution in [0.4, 0.5) is 0 Å². The minimum Gasteiger partial charge on any atom is -0.489 e. The molecule has 1 fully saturated rings. The standard InChI is InChI=1S/C11H12ClNO3/c12-7-2-1-3-8(4-7)16-9-5-10(11(14)15)13-6-9/h1-4,9-10,13H,5-6H2,(H,14,15). The number of nitrogens with one attached hydrogen (secondary N) is 1. The lowest BCUT2D eigenvalue weighted by atomic mass is 10.2. The van der Waals surface area contributed by atoms with Crippen LogP contribution in [0.1, 0.15) is 6.42 Å². The van der Waals surface area contributed by atoms with Gasteiger partial charge in [0.2, 0.25) is 0 Å². The molecule has 0 aromatic heterocycles. The third-order valence-electron chi connectivity index (χ3n) is 2.49. The quantitative estimate of drug-likeness (QED) is 0.843. The fourth-order valence-electron chi connectivity index (χ4n) is 1.71. The maximum Gasteiger partial charge on any atom is 0.320 e. The van der Waals surface area contributed by atoms with Crippen molar-refractivity contribution in [1.29, 1.82) is 0 Å². The molecule has 0 aliphatic carbocycles. The van der Waals surface area contributed by atoms with Crippen LogP contribution >= 0.6 is 11.6 Å².